The van der Waals surface area contributed by atoms with Gasteiger partial charge in [0.15, 0.2) is 0 Å². The van der Waals surface area contributed by atoms with Gasteiger partial charge in [0.05, 0.1) is 6.61 Å². The van der Waals surface area contributed by atoms with E-state index in [4.69, 9.17) is 10.5 Å². The third kappa shape index (κ3) is 3.76. The van der Waals surface area contributed by atoms with Gasteiger partial charge in [0.1, 0.15) is 5.75 Å². The van der Waals surface area contributed by atoms with Crippen molar-refractivity contribution in [3.05, 3.63) is 29.8 Å². The molecule has 1 aliphatic rings. The van der Waals surface area contributed by atoms with Crippen molar-refractivity contribution in [1.29, 1.82) is 0 Å². The first-order valence-corrected chi connectivity index (χ1v) is 8.05. The molecule has 2 unspecified atom stereocenters. The van der Waals surface area contributed by atoms with Gasteiger partial charge < -0.3 is 10.5 Å². The summed E-state index contributed by atoms with van der Waals surface area (Å²) >= 11 is 0. The summed E-state index contributed by atoms with van der Waals surface area (Å²) in [6.45, 7) is 7.34. The van der Waals surface area contributed by atoms with Crippen LogP contribution in [0.5, 0.6) is 5.75 Å². The maximum atomic E-state index is 6.76. The molecule has 0 bridgehead atoms. The molecule has 2 heteroatoms. The third-order valence-electron chi connectivity index (χ3n) is 4.41. The lowest BCUT2D eigenvalue weighted by Crippen LogP contribution is -2.41. The van der Waals surface area contributed by atoms with Crippen LogP contribution in [-0.2, 0) is 5.54 Å². The Morgan fingerprint density at radius 2 is 2.20 bits per heavy atom. The van der Waals surface area contributed by atoms with Gasteiger partial charge in [-0.25, -0.2) is 0 Å². The predicted molar refractivity (Wildman–Crippen MR) is 84.9 cm³/mol. The van der Waals surface area contributed by atoms with Gasteiger partial charge in [-0.1, -0.05) is 38.8 Å². The molecule has 0 heterocycles. The minimum Gasteiger partial charge on any atom is -0.494 e. The van der Waals surface area contributed by atoms with Gasteiger partial charge in [0, 0.05) is 5.54 Å². The van der Waals surface area contributed by atoms with Crippen LogP contribution >= 0.6 is 0 Å². The Bertz CT molecular complexity index is 429. The highest BCUT2D eigenvalue weighted by atomic mass is 16.5. The van der Waals surface area contributed by atoms with Crippen LogP contribution in [0.15, 0.2) is 24.3 Å². The zero-order valence-corrected chi connectivity index (χ0v) is 13.2. The van der Waals surface area contributed by atoms with E-state index in [1.54, 1.807) is 0 Å². The van der Waals surface area contributed by atoms with Crippen LogP contribution in [0.2, 0.25) is 0 Å². The van der Waals surface area contributed by atoms with Gasteiger partial charge in [-0.3, -0.25) is 0 Å². The molecular weight excluding hydrogens is 246 g/mol. The Hall–Kier alpha value is -1.02. The Labute approximate surface area is 123 Å². The molecule has 1 aliphatic carbocycles. The predicted octanol–water partition coefficient (Wildman–Crippen LogP) is 4.48. The molecule has 0 spiro atoms. The van der Waals surface area contributed by atoms with E-state index in [1.807, 2.05) is 13.0 Å². The van der Waals surface area contributed by atoms with E-state index in [0.29, 0.717) is 6.61 Å². The molecule has 2 nitrogen and oxygen atoms in total. The zero-order chi connectivity index (χ0) is 14.6. The number of hydrogen-bond acceptors (Lipinski definition) is 2. The standard InChI is InChI=1S/C18H29NO/c1-4-20-17-9-5-8-16(12-17)18(19)10-6-7-15(13-18)11-14(2)3/h5,8-9,12,14-15H,4,6-7,10-11,13,19H2,1-3H3. The van der Waals surface area contributed by atoms with Crippen LogP contribution in [0.3, 0.4) is 0 Å². The monoisotopic (exact) mass is 275 g/mol. The maximum absolute atomic E-state index is 6.76. The van der Waals surface area contributed by atoms with Gasteiger partial charge in [0.25, 0.3) is 0 Å². The Morgan fingerprint density at radius 1 is 1.40 bits per heavy atom. The summed E-state index contributed by atoms with van der Waals surface area (Å²) in [5.41, 5.74) is 7.84. The summed E-state index contributed by atoms with van der Waals surface area (Å²) in [6.07, 6.45) is 6.08. The molecule has 1 saturated carbocycles. The van der Waals surface area contributed by atoms with Gasteiger partial charge >= 0.3 is 0 Å². The molecule has 2 rings (SSSR count). The lowest BCUT2D eigenvalue weighted by atomic mass is 9.70. The van der Waals surface area contributed by atoms with E-state index in [2.05, 4.69) is 32.0 Å². The maximum Gasteiger partial charge on any atom is 0.119 e. The summed E-state index contributed by atoms with van der Waals surface area (Å²) in [5.74, 6) is 2.47. The van der Waals surface area contributed by atoms with Crippen LogP contribution in [-0.4, -0.2) is 6.61 Å². The highest BCUT2D eigenvalue weighted by Crippen LogP contribution is 2.41. The van der Waals surface area contributed by atoms with E-state index >= 15 is 0 Å². The smallest absolute Gasteiger partial charge is 0.119 e. The average molecular weight is 275 g/mol. The largest absolute Gasteiger partial charge is 0.494 e. The van der Waals surface area contributed by atoms with Crippen molar-refractivity contribution in [3.63, 3.8) is 0 Å². The third-order valence-corrected chi connectivity index (χ3v) is 4.41. The van der Waals surface area contributed by atoms with Crippen molar-refractivity contribution in [2.24, 2.45) is 17.6 Å². The van der Waals surface area contributed by atoms with Gasteiger partial charge in [0.2, 0.25) is 0 Å². The molecule has 0 aromatic heterocycles. The molecule has 0 aliphatic heterocycles. The summed E-state index contributed by atoms with van der Waals surface area (Å²) < 4.78 is 5.62. The van der Waals surface area contributed by atoms with Crippen LogP contribution in [0.1, 0.15) is 58.4 Å². The second-order valence-electron chi connectivity index (χ2n) is 6.71. The van der Waals surface area contributed by atoms with Gasteiger partial charge in [-0.05, 0) is 55.7 Å². The first-order chi connectivity index (χ1) is 9.53. The lowest BCUT2D eigenvalue weighted by molar-refractivity contribution is 0.202. The van der Waals surface area contributed by atoms with E-state index < -0.39 is 0 Å². The molecule has 1 aromatic carbocycles. The molecular formula is C18H29NO. The number of nitrogens with two attached hydrogens (primary N) is 1. The Balaban J connectivity index is 2.14. The van der Waals surface area contributed by atoms with Crippen molar-refractivity contribution in [3.8, 4) is 5.75 Å². The molecule has 1 aromatic rings. The highest BCUT2D eigenvalue weighted by molar-refractivity contribution is 5.33. The van der Waals surface area contributed by atoms with Crippen LogP contribution in [0.25, 0.3) is 0 Å². The van der Waals surface area contributed by atoms with Crippen LogP contribution in [0, 0.1) is 11.8 Å². The van der Waals surface area contributed by atoms with Crippen molar-refractivity contribution < 1.29 is 4.74 Å². The van der Waals surface area contributed by atoms with Crippen molar-refractivity contribution in [2.45, 2.75) is 58.4 Å². The van der Waals surface area contributed by atoms with Crippen molar-refractivity contribution in [2.75, 3.05) is 6.61 Å². The molecule has 0 saturated heterocycles. The van der Waals surface area contributed by atoms with Crippen molar-refractivity contribution in [1.82, 2.24) is 0 Å². The van der Waals surface area contributed by atoms with Crippen LogP contribution in [0.4, 0.5) is 0 Å². The van der Waals surface area contributed by atoms with Gasteiger partial charge in [-0.15, -0.1) is 0 Å². The fourth-order valence-electron chi connectivity index (χ4n) is 3.62. The summed E-state index contributed by atoms with van der Waals surface area (Å²) in [5, 5.41) is 0. The molecule has 112 valence electrons. The first-order valence-electron chi connectivity index (χ1n) is 8.05. The molecule has 2 N–H and O–H groups in total. The highest BCUT2D eigenvalue weighted by Gasteiger charge is 2.34. The normalized spacial score (nSPS) is 26.8. The lowest BCUT2D eigenvalue weighted by Gasteiger charge is -2.39. The quantitative estimate of drug-likeness (QED) is 0.860. The Kier molecular flexibility index (Phi) is 5.09. The zero-order valence-electron chi connectivity index (χ0n) is 13.2. The van der Waals surface area contributed by atoms with Gasteiger partial charge in [-0.2, -0.15) is 0 Å². The average Bonchev–Trinajstić information content (AvgIpc) is 2.39. The number of rotatable bonds is 5. The number of ether oxygens (including phenoxy) is 1. The SMILES string of the molecule is CCOc1cccc(C2(N)CCCC(CC(C)C)C2)c1. The topological polar surface area (TPSA) is 35.2 Å². The molecule has 0 radical (unpaired) electrons. The summed E-state index contributed by atoms with van der Waals surface area (Å²) in [7, 11) is 0. The minimum absolute atomic E-state index is 0.162. The molecule has 1 fully saturated rings. The molecule has 2 atom stereocenters. The second-order valence-corrected chi connectivity index (χ2v) is 6.71. The van der Waals surface area contributed by atoms with E-state index in [1.165, 1.54) is 24.8 Å². The summed E-state index contributed by atoms with van der Waals surface area (Å²) in [6, 6.07) is 8.40. The van der Waals surface area contributed by atoms with Crippen molar-refractivity contribution >= 4 is 0 Å². The summed E-state index contributed by atoms with van der Waals surface area (Å²) in [4.78, 5) is 0. The number of benzene rings is 1. The second kappa shape index (κ2) is 6.62. The first kappa shape index (κ1) is 15.4. The number of hydrogen-bond donors (Lipinski definition) is 1. The Morgan fingerprint density at radius 3 is 2.90 bits per heavy atom. The van der Waals surface area contributed by atoms with Crippen LogP contribution < -0.4 is 10.5 Å². The van der Waals surface area contributed by atoms with E-state index in [9.17, 15) is 0 Å². The minimum atomic E-state index is -0.162. The fourth-order valence-corrected chi connectivity index (χ4v) is 3.62. The molecule has 0 amide bonds. The molecule has 20 heavy (non-hydrogen) atoms. The van der Waals surface area contributed by atoms with E-state index in [0.717, 1.165) is 30.4 Å². The van der Waals surface area contributed by atoms with E-state index in [-0.39, 0.29) is 5.54 Å². The fraction of sp³-hybridized carbons (Fsp3) is 0.667.